The van der Waals surface area contributed by atoms with E-state index in [4.69, 9.17) is 5.41 Å². The zero-order valence-electron chi connectivity index (χ0n) is 17.9. The first kappa shape index (κ1) is 21.1. The van der Waals surface area contributed by atoms with Crippen LogP contribution in [0.2, 0.25) is 0 Å². The van der Waals surface area contributed by atoms with E-state index in [2.05, 4.69) is 64.0 Å². The Morgan fingerprint density at radius 3 is 2.30 bits per heavy atom. The Kier molecular flexibility index (Phi) is 7.18. The highest BCUT2D eigenvalue weighted by Crippen LogP contribution is 2.25. The van der Waals surface area contributed by atoms with Gasteiger partial charge in [-0.15, -0.1) is 0 Å². The van der Waals surface area contributed by atoms with Gasteiger partial charge in [0.2, 0.25) is 0 Å². The van der Waals surface area contributed by atoms with Gasteiger partial charge in [0.25, 0.3) is 0 Å². The Morgan fingerprint density at radius 2 is 1.70 bits per heavy atom. The van der Waals surface area contributed by atoms with Crippen LogP contribution in [0, 0.1) is 19.3 Å². The standard InChI is InChI=1S/C24H35N3/c1-7-8-9-10-12-19-15-17(2)22(18(3)16-19)27-23(25)20-13-11-14-21(26-20)24(4,5)6/h11,13-16H,7-10,12H2,1-6H3,(H2,25,27). The summed E-state index contributed by atoms with van der Waals surface area (Å²) in [6, 6.07) is 10.4. The molecule has 1 heterocycles. The van der Waals surface area contributed by atoms with E-state index >= 15 is 0 Å². The third-order valence-corrected chi connectivity index (χ3v) is 4.94. The summed E-state index contributed by atoms with van der Waals surface area (Å²) in [7, 11) is 0. The average Bonchev–Trinajstić information content (AvgIpc) is 2.61. The predicted octanol–water partition coefficient (Wildman–Crippen LogP) is 6.56. The van der Waals surface area contributed by atoms with Crippen LogP contribution in [0.1, 0.15) is 81.5 Å². The maximum absolute atomic E-state index is 8.50. The third kappa shape index (κ3) is 5.92. The summed E-state index contributed by atoms with van der Waals surface area (Å²) in [4.78, 5) is 4.69. The minimum absolute atomic E-state index is 0.0262. The molecule has 2 N–H and O–H groups in total. The first-order chi connectivity index (χ1) is 12.7. The second kappa shape index (κ2) is 9.16. The number of hydrogen-bond donors (Lipinski definition) is 2. The van der Waals surface area contributed by atoms with Gasteiger partial charge < -0.3 is 5.32 Å². The van der Waals surface area contributed by atoms with Crippen molar-refractivity contribution in [3.63, 3.8) is 0 Å². The molecular weight excluding hydrogens is 330 g/mol. The molecule has 1 aromatic carbocycles. The van der Waals surface area contributed by atoms with Crippen LogP contribution in [0.25, 0.3) is 0 Å². The molecule has 0 spiro atoms. The molecule has 0 radical (unpaired) electrons. The van der Waals surface area contributed by atoms with Crippen molar-refractivity contribution in [3.8, 4) is 0 Å². The van der Waals surface area contributed by atoms with Gasteiger partial charge >= 0.3 is 0 Å². The molecular formula is C24H35N3. The number of amidine groups is 1. The fourth-order valence-electron chi connectivity index (χ4n) is 3.33. The highest BCUT2D eigenvalue weighted by Gasteiger charge is 2.17. The Balaban J connectivity index is 2.14. The van der Waals surface area contributed by atoms with Gasteiger partial charge in [0.15, 0.2) is 0 Å². The zero-order valence-corrected chi connectivity index (χ0v) is 17.9. The van der Waals surface area contributed by atoms with E-state index in [1.54, 1.807) is 0 Å². The van der Waals surface area contributed by atoms with Crippen LogP contribution in [-0.4, -0.2) is 10.8 Å². The van der Waals surface area contributed by atoms with E-state index in [1.807, 2.05) is 18.2 Å². The van der Waals surface area contributed by atoms with Gasteiger partial charge in [-0.1, -0.05) is 65.2 Å². The fourth-order valence-corrected chi connectivity index (χ4v) is 3.33. The maximum atomic E-state index is 8.50. The lowest BCUT2D eigenvalue weighted by Gasteiger charge is -2.19. The van der Waals surface area contributed by atoms with Crippen LogP contribution in [0.15, 0.2) is 30.3 Å². The molecule has 1 aromatic heterocycles. The number of anilines is 1. The van der Waals surface area contributed by atoms with Crippen molar-refractivity contribution in [1.29, 1.82) is 5.41 Å². The topological polar surface area (TPSA) is 48.8 Å². The van der Waals surface area contributed by atoms with Crippen LogP contribution < -0.4 is 5.32 Å². The Morgan fingerprint density at radius 1 is 1.04 bits per heavy atom. The second-order valence-electron chi connectivity index (χ2n) is 8.57. The maximum Gasteiger partial charge on any atom is 0.148 e. The highest BCUT2D eigenvalue weighted by atomic mass is 15.0. The molecule has 0 bridgehead atoms. The fraction of sp³-hybridized carbons (Fsp3) is 0.500. The van der Waals surface area contributed by atoms with Crippen molar-refractivity contribution in [1.82, 2.24) is 4.98 Å². The van der Waals surface area contributed by atoms with Crippen LogP contribution in [0.5, 0.6) is 0 Å². The third-order valence-electron chi connectivity index (χ3n) is 4.94. The summed E-state index contributed by atoms with van der Waals surface area (Å²) in [6.45, 7) is 12.9. The highest BCUT2D eigenvalue weighted by molar-refractivity contribution is 6.05. The van der Waals surface area contributed by atoms with Gasteiger partial charge in [-0.2, -0.15) is 0 Å². The minimum Gasteiger partial charge on any atom is -0.338 e. The molecule has 3 heteroatoms. The molecule has 146 valence electrons. The van der Waals surface area contributed by atoms with E-state index in [0.717, 1.165) is 17.8 Å². The number of aryl methyl sites for hydroxylation is 3. The second-order valence-corrected chi connectivity index (χ2v) is 8.57. The summed E-state index contributed by atoms with van der Waals surface area (Å²) in [5.41, 5.74) is 6.47. The van der Waals surface area contributed by atoms with Gasteiger partial charge in [-0.3, -0.25) is 5.41 Å². The van der Waals surface area contributed by atoms with Crippen LogP contribution >= 0.6 is 0 Å². The molecule has 27 heavy (non-hydrogen) atoms. The predicted molar refractivity (Wildman–Crippen MR) is 117 cm³/mol. The number of benzene rings is 1. The van der Waals surface area contributed by atoms with Crippen molar-refractivity contribution in [3.05, 3.63) is 58.4 Å². The lowest BCUT2D eigenvalue weighted by molar-refractivity contribution is 0.568. The smallest absolute Gasteiger partial charge is 0.148 e. The Labute approximate surface area is 165 Å². The molecule has 0 unspecified atom stereocenters. The molecule has 0 saturated carbocycles. The zero-order chi connectivity index (χ0) is 20.0. The van der Waals surface area contributed by atoms with E-state index in [9.17, 15) is 0 Å². The van der Waals surface area contributed by atoms with Crippen molar-refractivity contribution in [2.75, 3.05) is 5.32 Å². The summed E-state index contributed by atoms with van der Waals surface area (Å²) in [5, 5.41) is 11.8. The van der Waals surface area contributed by atoms with Gasteiger partial charge in [0.05, 0.1) is 0 Å². The molecule has 0 aliphatic rings. The number of pyridine rings is 1. The van der Waals surface area contributed by atoms with E-state index < -0.39 is 0 Å². The van der Waals surface area contributed by atoms with Crippen molar-refractivity contribution in [2.45, 2.75) is 79.1 Å². The summed E-state index contributed by atoms with van der Waals surface area (Å²) < 4.78 is 0. The molecule has 0 atom stereocenters. The van der Waals surface area contributed by atoms with Crippen LogP contribution in [0.3, 0.4) is 0 Å². The summed E-state index contributed by atoms with van der Waals surface area (Å²) >= 11 is 0. The van der Waals surface area contributed by atoms with Gasteiger partial charge in [0.1, 0.15) is 11.5 Å². The number of unbranched alkanes of at least 4 members (excludes halogenated alkanes) is 3. The molecule has 0 saturated heterocycles. The number of rotatable bonds is 7. The van der Waals surface area contributed by atoms with E-state index in [1.165, 1.54) is 42.4 Å². The summed E-state index contributed by atoms with van der Waals surface area (Å²) in [5.74, 6) is 0.350. The first-order valence-corrected chi connectivity index (χ1v) is 10.2. The summed E-state index contributed by atoms with van der Waals surface area (Å²) in [6.07, 6.45) is 6.27. The molecule has 2 rings (SSSR count). The van der Waals surface area contributed by atoms with E-state index in [-0.39, 0.29) is 5.41 Å². The largest absolute Gasteiger partial charge is 0.338 e. The first-order valence-electron chi connectivity index (χ1n) is 10.2. The lowest BCUT2D eigenvalue weighted by Crippen LogP contribution is -2.19. The van der Waals surface area contributed by atoms with Crippen molar-refractivity contribution >= 4 is 11.5 Å². The lowest BCUT2D eigenvalue weighted by atomic mass is 9.91. The molecule has 0 fully saturated rings. The van der Waals surface area contributed by atoms with Gasteiger partial charge in [0, 0.05) is 16.8 Å². The molecule has 0 aliphatic heterocycles. The quantitative estimate of drug-likeness (QED) is 0.332. The monoisotopic (exact) mass is 365 g/mol. The Bertz CT molecular complexity index is 761. The van der Waals surface area contributed by atoms with Gasteiger partial charge in [-0.25, -0.2) is 4.98 Å². The average molecular weight is 366 g/mol. The Hall–Kier alpha value is -2.16. The molecule has 3 nitrogen and oxygen atoms in total. The SMILES string of the molecule is CCCCCCc1cc(C)c(NC(=N)c2cccc(C(C)(C)C)n2)c(C)c1. The molecule has 0 amide bonds. The van der Waals surface area contributed by atoms with Crippen molar-refractivity contribution < 1.29 is 0 Å². The van der Waals surface area contributed by atoms with Crippen LogP contribution in [0.4, 0.5) is 5.69 Å². The van der Waals surface area contributed by atoms with Gasteiger partial charge in [-0.05, 0) is 55.5 Å². The van der Waals surface area contributed by atoms with Crippen LogP contribution in [-0.2, 0) is 11.8 Å². The number of hydrogen-bond acceptors (Lipinski definition) is 2. The number of nitrogens with one attached hydrogen (secondary N) is 2. The molecule has 2 aromatic rings. The molecule has 0 aliphatic carbocycles. The number of aromatic nitrogens is 1. The van der Waals surface area contributed by atoms with Crippen molar-refractivity contribution in [2.24, 2.45) is 0 Å². The normalized spacial score (nSPS) is 11.5. The number of nitrogens with zero attached hydrogens (tertiary/aromatic N) is 1. The minimum atomic E-state index is -0.0262. The van der Waals surface area contributed by atoms with E-state index in [0.29, 0.717) is 11.5 Å².